The maximum atomic E-state index is 11.8. The van der Waals surface area contributed by atoms with Crippen LogP contribution < -0.4 is 10.9 Å². The molecule has 2 aromatic heterocycles. The quantitative estimate of drug-likeness (QED) is 0.845. The topological polar surface area (TPSA) is 76.9 Å². The highest BCUT2D eigenvalue weighted by Crippen LogP contribution is 2.01. The molecule has 92 valence electrons. The van der Waals surface area contributed by atoms with E-state index in [0.717, 1.165) is 5.69 Å². The van der Waals surface area contributed by atoms with Crippen LogP contribution in [0.3, 0.4) is 0 Å². The zero-order valence-electron chi connectivity index (χ0n) is 10.0. The first kappa shape index (κ1) is 12.0. The molecule has 18 heavy (non-hydrogen) atoms. The zero-order valence-corrected chi connectivity index (χ0v) is 10.0. The summed E-state index contributed by atoms with van der Waals surface area (Å²) in [4.78, 5) is 31.4. The summed E-state index contributed by atoms with van der Waals surface area (Å²) < 4.78 is 1.39. The first-order valence-corrected chi connectivity index (χ1v) is 5.33. The van der Waals surface area contributed by atoms with Gasteiger partial charge in [-0.3, -0.25) is 14.6 Å². The van der Waals surface area contributed by atoms with Gasteiger partial charge in [-0.2, -0.15) is 0 Å². The van der Waals surface area contributed by atoms with Gasteiger partial charge in [0.15, 0.2) is 0 Å². The summed E-state index contributed by atoms with van der Waals surface area (Å²) >= 11 is 0. The van der Waals surface area contributed by atoms with Crippen molar-refractivity contribution in [1.82, 2.24) is 14.5 Å². The van der Waals surface area contributed by atoms with E-state index in [1.165, 1.54) is 17.0 Å². The fourth-order valence-corrected chi connectivity index (χ4v) is 1.39. The van der Waals surface area contributed by atoms with Gasteiger partial charge in [-0.05, 0) is 19.1 Å². The fourth-order valence-electron chi connectivity index (χ4n) is 1.39. The Balaban J connectivity index is 2.24. The SMILES string of the molecule is Cc1cnc(C(=O)Nc2cccn(C)c2=O)cn1. The number of anilines is 1. The van der Waals surface area contributed by atoms with Crippen molar-refractivity contribution in [2.24, 2.45) is 7.05 Å². The Bertz CT molecular complexity index is 631. The Labute approximate surface area is 103 Å². The van der Waals surface area contributed by atoms with E-state index in [2.05, 4.69) is 15.3 Å². The molecule has 2 rings (SSSR count). The van der Waals surface area contributed by atoms with Crippen molar-refractivity contribution in [1.29, 1.82) is 0 Å². The Hall–Kier alpha value is -2.50. The van der Waals surface area contributed by atoms with Crippen LogP contribution in [0.4, 0.5) is 5.69 Å². The molecule has 0 fully saturated rings. The third-order valence-corrected chi connectivity index (χ3v) is 2.39. The molecule has 2 heterocycles. The van der Waals surface area contributed by atoms with Crippen LogP contribution in [0, 0.1) is 6.92 Å². The highest BCUT2D eigenvalue weighted by atomic mass is 16.2. The Morgan fingerprint density at radius 2 is 2.11 bits per heavy atom. The van der Waals surface area contributed by atoms with E-state index in [4.69, 9.17) is 0 Å². The number of nitrogens with one attached hydrogen (secondary N) is 1. The first-order chi connectivity index (χ1) is 8.58. The molecule has 0 aliphatic carbocycles. The number of carbonyl (C=O) groups excluding carboxylic acids is 1. The largest absolute Gasteiger partial charge is 0.317 e. The molecule has 2 aromatic rings. The van der Waals surface area contributed by atoms with Crippen LogP contribution in [-0.2, 0) is 7.05 Å². The number of aryl methyl sites for hydroxylation is 2. The molecule has 0 aromatic carbocycles. The summed E-state index contributed by atoms with van der Waals surface area (Å²) in [6, 6.07) is 3.22. The van der Waals surface area contributed by atoms with Crippen molar-refractivity contribution in [2.45, 2.75) is 6.92 Å². The van der Waals surface area contributed by atoms with Crippen LogP contribution >= 0.6 is 0 Å². The summed E-state index contributed by atoms with van der Waals surface area (Å²) in [7, 11) is 1.61. The van der Waals surface area contributed by atoms with E-state index in [-0.39, 0.29) is 16.9 Å². The van der Waals surface area contributed by atoms with Gasteiger partial charge in [-0.1, -0.05) is 0 Å². The first-order valence-electron chi connectivity index (χ1n) is 5.33. The van der Waals surface area contributed by atoms with Gasteiger partial charge in [0.2, 0.25) is 0 Å². The van der Waals surface area contributed by atoms with Gasteiger partial charge < -0.3 is 9.88 Å². The van der Waals surface area contributed by atoms with Crippen LogP contribution in [0.2, 0.25) is 0 Å². The molecule has 6 nitrogen and oxygen atoms in total. The van der Waals surface area contributed by atoms with Gasteiger partial charge in [0.25, 0.3) is 11.5 Å². The molecule has 0 spiro atoms. The standard InChI is InChI=1S/C12H12N4O2/c1-8-6-14-10(7-13-8)11(17)15-9-4-3-5-16(2)12(9)18/h3-7H,1-2H3,(H,15,17). The van der Waals surface area contributed by atoms with E-state index in [0.29, 0.717) is 0 Å². The van der Waals surface area contributed by atoms with Crippen LogP contribution in [-0.4, -0.2) is 20.4 Å². The number of hydrogen-bond donors (Lipinski definition) is 1. The van der Waals surface area contributed by atoms with Crippen molar-refractivity contribution in [2.75, 3.05) is 5.32 Å². The maximum Gasteiger partial charge on any atom is 0.276 e. The fraction of sp³-hybridized carbons (Fsp3) is 0.167. The second-order valence-electron chi connectivity index (χ2n) is 3.84. The van der Waals surface area contributed by atoms with Gasteiger partial charge in [-0.15, -0.1) is 0 Å². The molecule has 0 saturated carbocycles. The highest BCUT2D eigenvalue weighted by Gasteiger charge is 2.10. The molecule has 0 saturated heterocycles. The molecule has 1 amide bonds. The second kappa shape index (κ2) is 4.79. The molecule has 1 N–H and O–H groups in total. The van der Waals surface area contributed by atoms with Gasteiger partial charge >= 0.3 is 0 Å². The third kappa shape index (κ3) is 2.42. The lowest BCUT2D eigenvalue weighted by Gasteiger charge is -2.05. The van der Waals surface area contributed by atoms with Crippen molar-refractivity contribution in [3.05, 3.63) is 52.5 Å². The molecular weight excluding hydrogens is 232 g/mol. The number of aromatic nitrogens is 3. The lowest BCUT2D eigenvalue weighted by molar-refractivity contribution is 0.102. The maximum absolute atomic E-state index is 11.8. The van der Waals surface area contributed by atoms with E-state index >= 15 is 0 Å². The van der Waals surface area contributed by atoms with Crippen molar-refractivity contribution in [3.8, 4) is 0 Å². The van der Waals surface area contributed by atoms with Gasteiger partial charge in [0.05, 0.1) is 11.9 Å². The number of rotatable bonds is 2. The minimum Gasteiger partial charge on any atom is -0.317 e. The van der Waals surface area contributed by atoms with Crippen molar-refractivity contribution in [3.63, 3.8) is 0 Å². The van der Waals surface area contributed by atoms with Gasteiger partial charge in [-0.25, -0.2) is 4.98 Å². The average molecular weight is 244 g/mol. The number of hydrogen-bond acceptors (Lipinski definition) is 4. The van der Waals surface area contributed by atoms with E-state index in [1.807, 2.05) is 0 Å². The number of nitrogens with zero attached hydrogens (tertiary/aromatic N) is 3. The summed E-state index contributed by atoms with van der Waals surface area (Å²) in [6.07, 6.45) is 4.49. The van der Waals surface area contributed by atoms with Crippen LogP contribution in [0.5, 0.6) is 0 Å². The van der Waals surface area contributed by atoms with Gasteiger partial charge in [0, 0.05) is 19.4 Å². The Morgan fingerprint density at radius 1 is 1.33 bits per heavy atom. The number of carbonyl (C=O) groups is 1. The van der Waals surface area contributed by atoms with E-state index in [1.54, 1.807) is 32.3 Å². The second-order valence-corrected chi connectivity index (χ2v) is 3.84. The van der Waals surface area contributed by atoms with Crippen molar-refractivity contribution < 1.29 is 4.79 Å². The molecule has 0 radical (unpaired) electrons. The molecule has 0 aliphatic rings. The smallest absolute Gasteiger partial charge is 0.276 e. The van der Waals surface area contributed by atoms with E-state index in [9.17, 15) is 9.59 Å². The molecule has 0 atom stereocenters. The minimum atomic E-state index is -0.453. The van der Waals surface area contributed by atoms with Crippen LogP contribution in [0.1, 0.15) is 16.2 Å². The molecule has 0 unspecified atom stereocenters. The molecule has 6 heteroatoms. The predicted molar refractivity (Wildman–Crippen MR) is 66.4 cm³/mol. The summed E-state index contributed by atoms with van der Waals surface area (Å²) in [5.41, 5.74) is 0.840. The summed E-state index contributed by atoms with van der Waals surface area (Å²) in [5.74, 6) is -0.453. The van der Waals surface area contributed by atoms with Crippen molar-refractivity contribution >= 4 is 11.6 Å². The number of pyridine rings is 1. The van der Waals surface area contributed by atoms with E-state index < -0.39 is 5.91 Å². The molecule has 0 aliphatic heterocycles. The van der Waals surface area contributed by atoms with Crippen LogP contribution in [0.15, 0.2) is 35.5 Å². The highest BCUT2D eigenvalue weighted by molar-refractivity contribution is 6.02. The summed E-state index contributed by atoms with van der Waals surface area (Å²) in [5, 5.41) is 2.51. The lowest BCUT2D eigenvalue weighted by Crippen LogP contribution is -2.24. The molecule has 0 bridgehead atoms. The van der Waals surface area contributed by atoms with Gasteiger partial charge in [0.1, 0.15) is 11.4 Å². The minimum absolute atomic E-state index is 0.173. The average Bonchev–Trinajstić information content (AvgIpc) is 2.36. The summed E-state index contributed by atoms with van der Waals surface area (Å²) in [6.45, 7) is 1.78. The third-order valence-electron chi connectivity index (χ3n) is 2.39. The normalized spacial score (nSPS) is 10.1. The predicted octanol–water partition coefficient (Wildman–Crippen LogP) is 0.736. The van der Waals surface area contributed by atoms with Crippen LogP contribution in [0.25, 0.3) is 0 Å². The monoisotopic (exact) mass is 244 g/mol. The number of amides is 1. The molecular formula is C12H12N4O2. The Morgan fingerprint density at radius 3 is 2.78 bits per heavy atom. The zero-order chi connectivity index (χ0) is 13.1. The lowest BCUT2D eigenvalue weighted by atomic mass is 10.3. The Kier molecular flexibility index (Phi) is 3.18.